The zero-order valence-corrected chi connectivity index (χ0v) is 10.3. The highest BCUT2D eigenvalue weighted by molar-refractivity contribution is 8.13. The van der Waals surface area contributed by atoms with Crippen LogP contribution < -0.4 is 0 Å². The van der Waals surface area contributed by atoms with Crippen LogP contribution in [0.3, 0.4) is 0 Å². The third-order valence-corrected chi connectivity index (χ3v) is 3.72. The summed E-state index contributed by atoms with van der Waals surface area (Å²) >= 11 is 4.16. The van der Waals surface area contributed by atoms with Crippen molar-refractivity contribution in [2.75, 3.05) is 0 Å². The Balaban J connectivity index is 3.59. The second kappa shape index (κ2) is 4.44. The van der Waals surface area contributed by atoms with E-state index in [1.165, 1.54) is 12.1 Å². The molecule has 6 heteroatoms. The maximum absolute atomic E-state index is 11.2. The van der Waals surface area contributed by atoms with Gasteiger partial charge in [0.25, 0.3) is 9.05 Å². The number of nitriles is 1. The molecule has 0 bridgehead atoms. The van der Waals surface area contributed by atoms with E-state index in [0.717, 1.165) is 5.56 Å². The molecule has 0 unspecified atom stereocenters. The highest BCUT2D eigenvalue weighted by Gasteiger charge is 2.17. The fourth-order valence-corrected chi connectivity index (χ4v) is 2.57. The second-order valence-electron chi connectivity index (χ2n) is 2.88. The average Bonchev–Trinajstić information content (AvgIpc) is 2.15. The molecule has 0 aliphatic heterocycles. The molecule has 0 spiro atoms. The maximum atomic E-state index is 11.2. The normalized spacial score (nSPS) is 11.1. The Morgan fingerprint density at radius 2 is 2.13 bits per heavy atom. The van der Waals surface area contributed by atoms with Crippen LogP contribution in [0.5, 0.6) is 0 Å². The molecule has 80 valence electrons. The zero-order valence-electron chi connectivity index (χ0n) is 7.86. The van der Waals surface area contributed by atoms with Crippen molar-refractivity contribution in [2.24, 2.45) is 0 Å². The number of rotatable bonds is 2. The van der Waals surface area contributed by atoms with E-state index in [-0.39, 0.29) is 10.5 Å². The van der Waals surface area contributed by atoms with Crippen molar-refractivity contribution in [3.8, 4) is 6.07 Å². The summed E-state index contributed by atoms with van der Waals surface area (Å²) in [4.78, 5) is 0.444. The summed E-state index contributed by atoms with van der Waals surface area (Å²) in [5, 5.41) is 8.76. The first kappa shape index (κ1) is 12.4. The van der Waals surface area contributed by atoms with Crippen molar-refractivity contribution in [3.63, 3.8) is 0 Å². The van der Waals surface area contributed by atoms with Gasteiger partial charge in [0.15, 0.2) is 0 Å². The molecule has 0 aliphatic rings. The van der Waals surface area contributed by atoms with E-state index in [4.69, 9.17) is 15.9 Å². The highest BCUT2D eigenvalue weighted by Crippen LogP contribution is 2.26. The second-order valence-corrected chi connectivity index (χ2v) is 5.90. The minimum absolute atomic E-state index is 0.0206. The first-order chi connectivity index (χ1) is 6.90. The van der Waals surface area contributed by atoms with Gasteiger partial charge in [0, 0.05) is 15.6 Å². The summed E-state index contributed by atoms with van der Waals surface area (Å²) in [5.74, 6) is 0. The third kappa shape index (κ3) is 2.65. The molecule has 0 amide bonds. The number of halogens is 1. The highest BCUT2D eigenvalue weighted by atomic mass is 35.7. The van der Waals surface area contributed by atoms with Gasteiger partial charge in [-0.15, -0.1) is 12.6 Å². The van der Waals surface area contributed by atoms with Crippen molar-refractivity contribution in [3.05, 3.63) is 23.3 Å². The molecule has 1 aromatic rings. The van der Waals surface area contributed by atoms with Crippen LogP contribution in [0, 0.1) is 11.3 Å². The lowest BCUT2D eigenvalue weighted by molar-refractivity contribution is 0.609. The number of thiol groups is 1. The standard InChI is InChI=1S/C9H8ClNO2S2/c1-2-6-4-9(15(10,12)13)7(5-11)3-8(6)14/h3-4,14H,2H2,1H3. The molecule has 0 aromatic heterocycles. The molecular weight excluding hydrogens is 254 g/mol. The molecule has 0 atom stereocenters. The molecule has 0 aliphatic carbocycles. The number of hydrogen-bond acceptors (Lipinski definition) is 4. The van der Waals surface area contributed by atoms with Crippen molar-refractivity contribution in [1.29, 1.82) is 5.26 Å². The van der Waals surface area contributed by atoms with Gasteiger partial charge >= 0.3 is 0 Å². The van der Waals surface area contributed by atoms with Crippen LogP contribution in [-0.2, 0) is 15.5 Å². The maximum Gasteiger partial charge on any atom is 0.262 e. The average molecular weight is 262 g/mol. The monoisotopic (exact) mass is 261 g/mol. The molecule has 0 N–H and O–H groups in total. The molecule has 3 nitrogen and oxygen atoms in total. The largest absolute Gasteiger partial charge is 0.262 e. The minimum atomic E-state index is -3.88. The summed E-state index contributed by atoms with van der Waals surface area (Å²) in [5.41, 5.74) is 0.767. The molecule has 15 heavy (non-hydrogen) atoms. The Morgan fingerprint density at radius 3 is 2.53 bits per heavy atom. The van der Waals surface area contributed by atoms with Crippen LogP contribution in [0.15, 0.2) is 21.9 Å². The lowest BCUT2D eigenvalue weighted by Crippen LogP contribution is -1.98. The van der Waals surface area contributed by atoms with E-state index < -0.39 is 9.05 Å². The van der Waals surface area contributed by atoms with E-state index in [1.807, 2.05) is 6.92 Å². The molecule has 0 saturated heterocycles. The topological polar surface area (TPSA) is 57.9 Å². The Hall–Kier alpha value is -0.700. The summed E-state index contributed by atoms with van der Waals surface area (Å²) in [6.45, 7) is 1.87. The zero-order chi connectivity index (χ0) is 11.6. The van der Waals surface area contributed by atoms with Crippen molar-refractivity contribution in [2.45, 2.75) is 23.1 Å². The van der Waals surface area contributed by atoms with Gasteiger partial charge in [-0.1, -0.05) is 6.92 Å². The summed E-state index contributed by atoms with van der Waals surface area (Å²) in [6, 6.07) is 4.59. The molecule has 0 saturated carbocycles. The lowest BCUT2D eigenvalue weighted by atomic mass is 10.1. The van der Waals surface area contributed by atoms with Crippen molar-refractivity contribution < 1.29 is 8.42 Å². The predicted octanol–water partition coefficient (Wildman–Crippen LogP) is 2.34. The Bertz CT molecular complexity index is 532. The summed E-state index contributed by atoms with van der Waals surface area (Å²) in [6.07, 6.45) is 0.629. The molecule has 0 radical (unpaired) electrons. The Morgan fingerprint density at radius 1 is 1.53 bits per heavy atom. The Labute approximate surface area is 98.5 Å². The van der Waals surface area contributed by atoms with Gasteiger partial charge in [0.2, 0.25) is 0 Å². The Kier molecular flexibility index (Phi) is 3.66. The van der Waals surface area contributed by atoms with Gasteiger partial charge in [-0.25, -0.2) is 8.42 Å². The van der Waals surface area contributed by atoms with Gasteiger partial charge in [-0.2, -0.15) is 5.26 Å². The van der Waals surface area contributed by atoms with E-state index in [9.17, 15) is 8.42 Å². The molecule has 0 heterocycles. The minimum Gasteiger partial charge on any atom is -0.207 e. The fourth-order valence-electron chi connectivity index (χ4n) is 1.18. The predicted molar refractivity (Wildman–Crippen MR) is 60.8 cm³/mol. The lowest BCUT2D eigenvalue weighted by Gasteiger charge is -2.06. The first-order valence-electron chi connectivity index (χ1n) is 4.10. The van der Waals surface area contributed by atoms with Gasteiger partial charge < -0.3 is 0 Å². The van der Waals surface area contributed by atoms with Crippen molar-refractivity contribution >= 4 is 32.4 Å². The van der Waals surface area contributed by atoms with Crippen LogP contribution in [0.1, 0.15) is 18.1 Å². The van der Waals surface area contributed by atoms with E-state index in [1.54, 1.807) is 6.07 Å². The number of benzene rings is 1. The van der Waals surface area contributed by atoms with Gasteiger partial charge in [0.05, 0.1) is 5.56 Å². The van der Waals surface area contributed by atoms with Gasteiger partial charge in [-0.05, 0) is 24.1 Å². The van der Waals surface area contributed by atoms with Gasteiger partial charge in [-0.3, -0.25) is 0 Å². The SMILES string of the molecule is CCc1cc(S(=O)(=O)Cl)c(C#N)cc1S. The van der Waals surface area contributed by atoms with Crippen LogP contribution in [0.25, 0.3) is 0 Å². The molecular formula is C9H8ClNO2S2. The molecule has 1 rings (SSSR count). The first-order valence-corrected chi connectivity index (χ1v) is 6.86. The van der Waals surface area contributed by atoms with Crippen LogP contribution >= 0.6 is 23.3 Å². The van der Waals surface area contributed by atoms with E-state index in [0.29, 0.717) is 11.3 Å². The molecule has 0 fully saturated rings. The molecule has 1 aromatic carbocycles. The fraction of sp³-hybridized carbons (Fsp3) is 0.222. The van der Waals surface area contributed by atoms with E-state index >= 15 is 0 Å². The number of nitrogens with zero attached hydrogens (tertiary/aromatic N) is 1. The number of hydrogen-bond donors (Lipinski definition) is 1. The van der Waals surface area contributed by atoms with Crippen molar-refractivity contribution in [1.82, 2.24) is 0 Å². The quantitative estimate of drug-likeness (QED) is 0.657. The smallest absolute Gasteiger partial charge is 0.207 e. The summed E-state index contributed by atoms with van der Waals surface area (Å²) < 4.78 is 22.4. The van der Waals surface area contributed by atoms with Crippen LogP contribution in [-0.4, -0.2) is 8.42 Å². The van der Waals surface area contributed by atoms with Crippen LogP contribution in [0.2, 0.25) is 0 Å². The van der Waals surface area contributed by atoms with E-state index in [2.05, 4.69) is 12.6 Å². The summed E-state index contributed by atoms with van der Waals surface area (Å²) in [7, 11) is 1.34. The third-order valence-electron chi connectivity index (χ3n) is 1.94. The number of aryl methyl sites for hydroxylation is 1. The van der Waals surface area contributed by atoms with Crippen LogP contribution in [0.4, 0.5) is 0 Å². The van der Waals surface area contributed by atoms with Gasteiger partial charge in [0.1, 0.15) is 11.0 Å².